The van der Waals surface area contributed by atoms with Gasteiger partial charge in [0.15, 0.2) is 0 Å². The zero-order valence-electron chi connectivity index (χ0n) is 9.06. The third-order valence-corrected chi connectivity index (χ3v) is 2.68. The summed E-state index contributed by atoms with van der Waals surface area (Å²) in [5.74, 6) is 1.70. The van der Waals surface area contributed by atoms with Crippen molar-refractivity contribution in [3.8, 4) is 0 Å². The molecular formula is C10H15N3O2. The van der Waals surface area contributed by atoms with Gasteiger partial charge in [-0.15, -0.1) is 10.2 Å². The van der Waals surface area contributed by atoms with Crippen LogP contribution in [0.2, 0.25) is 0 Å². The van der Waals surface area contributed by atoms with Gasteiger partial charge >= 0.3 is 0 Å². The van der Waals surface area contributed by atoms with Gasteiger partial charge in [-0.05, 0) is 0 Å². The molecule has 0 N–H and O–H groups in total. The van der Waals surface area contributed by atoms with Crippen LogP contribution in [-0.4, -0.2) is 34.0 Å². The molecule has 0 radical (unpaired) electrons. The number of rotatable bonds is 2. The van der Waals surface area contributed by atoms with Crippen LogP contribution >= 0.6 is 0 Å². The van der Waals surface area contributed by atoms with E-state index in [0.717, 1.165) is 13.1 Å². The minimum atomic E-state index is 0.128. The van der Waals surface area contributed by atoms with E-state index in [0.29, 0.717) is 30.5 Å². The quantitative estimate of drug-likeness (QED) is 0.720. The fraction of sp³-hybridized carbons (Fsp3) is 0.700. The summed E-state index contributed by atoms with van der Waals surface area (Å²) in [5, 5.41) is 7.72. The lowest BCUT2D eigenvalue weighted by Crippen LogP contribution is -2.39. The van der Waals surface area contributed by atoms with Crippen molar-refractivity contribution in [3.63, 3.8) is 0 Å². The maximum Gasteiger partial charge on any atom is 0.230 e. The molecule has 0 aliphatic carbocycles. The fourth-order valence-corrected chi connectivity index (χ4v) is 1.83. The van der Waals surface area contributed by atoms with Crippen LogP contribution < -0.4 is 0 Å². The summed E-state index contributed by atoms with van der Waals surface area (Å²) in [6.07, 6.45) is 0.633. The van der Waals surface area contributed by atoms with Crippen molar-refractivity contribution in [2.45, 2.75) is 26.8 Å². The predicted molar refractivity (Wildman–Crippen MR) is 53.1 cm³/mol. The Bertz CT molecular complexity index is 361. The van der Waals surface area contributed by atoms with Crippen molar-refractivity contribution < 1.29 is 9.21 Å². The van der Waals surface area contributed by atoms with E-state index in [-0.39, 0.29) is 5.92 Å². The summed E-state index contributed by atoms with van der Waals surface area (Å²) in [7, 11) is 0. The smallest absolute Gasteiger partial charge is 0.230 e. The van der Waals surface area contributed by atoms with E-state index in [4.69, 9.17) is 4.42 Å². The Morgan fingerprint density at radius 3 is 2.93 bits per heavy atom. The topological polar surface area (TPSA) is 59.2 Å². The lowest BCUT2D eigenvalue weighted by molar-refractivity contribution is -0.125. The summed E-state index contributed by atoms with van der Waals surface area (Å²) in [5.41, 5.74) is 0. The largest absolute Gasteiger partial charge is 0.424 e. The van der Waals surface area contributed by atoms with Crippen LogP contribution in [0.25, 0.3) is 0 Å². The second-order valence-corrected chi connectivity index (χ2v) is 4.07. The van der Waals surface area contributed by atoms with E-state index in [9.17, 15) is 4.79 Å². The molecule has 0 aromatic carbocycles. The fourth-order valence-electron chi connectivity index (χ4n) is 1.83. The monoisotopic (exact) mass is 209 g/mol. The predicted octanol–water partition coefficient (Wildman–Crippen LogP) is 0.789. The first-order valence-corrected chi connectivity index (χ1v) is 5.19. The van der Waals surface area contributed by atoms with E-state index < -0.39 is 0 Å². The normalized spacial score (nSPS) is 23.3. The Morgan fingerprint density at radius 2 is 2.33 bits per heavy atom. The molecule has 0 bridgehead atoms. The van der Waals surface area contributed by atoms with Crippen molar-refractivity contribution in [2.75, 3.05) is 13.1 Å². The van der Waals surface area contributed by atoms with Gasteiger partial charge in [-0.2, -0.15) is 0 Å². The maximum atomic E-state index is 11.3. The Labute approximate surface area is 88.5 Å². The highest BCUT2D eigenvalue weighted by Gasteiger charge is 2.24. The molecule has 82 valence electrons. The number of aryl methyl sites for hydroxylation is 1. The van der Waals surface area contributed by atoms with Crippen molar-refractivity contribution in [1.29, 1.82) is 0 Å². The van der Waals surface area contributed by atoms with Crippen LogP contribution in [0.1, 0.15) is 25.1 Å². The van der Waals surface area contributed by atoms with Gasteiger partial charge in [-0.3, -0.25) is 9.69 Å². The van der Waals surface area contributed by atoms with Crippen LogP contribution in [0.3, 0.4) is 0 Å². The number of aromatic nitrogens is 2. The molecule has 1 aromatic heterocycles. The Morgan fingerprint density at radius 1 is 1.53 bits per heavy atom. The van der Waals surface area contributed by atoms with Crippen LogP contribution in [0.15, 0.2) is 4.42 Å². The summed E-state index contributed by atoms with van der Waals surface area (Å²) in [4.78, 5) is 13.5. The zero-order chi connectivity index (χ0) is 10.8. The van der Waals surface area contributed by atoms with Crippen LogP contribution in [0.4, 0.5) is 0 Å². The molecule has 2 heterocycles. The molecule has 0 saturated carbocycles. The molecular weight excluding hydrogens is 194 g/mol. The molecule has 1 aliphatic heterocycles. The lowest BCUT2D eigenvalue weighted by atomic mass is 9.99. The highest BCUT2D eigenvalue weighted by atomic mass is 16.4. The number of carbonyl (C=O) groups is 1. The van der Waals surface area contributed by atoms with Gasteiger partial charge in [0.2, 0.25) is 11.8 Å². The molecule has 1 aliphatic rings. The number of likely N-dealkylation sites (tertiary alicyclic amines) is 1. The van der Waals surface area contributed by atoms with Crippen molar-refractivity contribution in [3.05, 3.63) is 11.8 Å². The maximum absolute atomic E-state index is 11.3. The second kappa shape index (κ2) is 4.10. The molecule has 1 fully saturated rings. The average Bonchev–Trinajstić information content (AvgIpc) is 2.58. The van der Waals surface area contributed by atoms with Gasteiger partial charge in [-0.25, -0.2) is 0 Å². The molecule has 5 heteroatoms. The molecule has 0 amide bonds. The van der Waals surface area contributed by atoms with Gasteiger partial charge in [-0.1, -0.05) is 6.92 Å². The molecule has 0 spiro atoms. The Hall–Kier alpha value is -1.23. The number of piperidine rings is 1. The SMILES string of the molecule is Cc1nnc(CN2CCC(=O)C(C)C2)o1. The molecule has 2 rings (SSSR count). The van der Waals surface area contributed by atoms with E-state index >= 15 is 0 Å². The van der Waals surface area contributed by atoms with Crippen molar-refractivity contribution in [1.82, 2.24) is 15.1 Å². The highest BCUT2D eigenvalue weighted by molar-refractivity contribution is 5.81. The number of hydrogen-bond donors (Lipinski definition) is 0. The first-order valence-electron chi connectivity index (χ1n) is 5.19. The van der Waals surface area contributed by atoms with Crippen molar-refractivity contribution >= 4 is 5.78 Å². The van der Waals surface area contributed by atoms with E-state index in [1.165, 1.54) is 0 Å². The van der Waals surface area contributed by atoms with E-state index in [1.54, 1.807) is 6.92 Å². The third kappa shape index (κ3) is 2.41. The van der Waals surface area contributed by atoms with Crippen LogP contribution in [0, 0.1) is 12.8 Å². The van der Waals surface area contributed by atoms with Gasteiger partial charge in [0.1, 0.15) is 5.78 Å². The molecule has 1 aromatic rings. The standard InChI is InChI=1S/C10H15N3O2/c1-7-5-13(4-3-9(7)14)6-10-12-11-8(2)15-10/h7H,3-6H2,1-2H3. The van der Waals surface area contributed by atoms with Gasteiger partial charge < -0.3 is 4.42 Å². The first-order chi connectivity index (χ1) is 7.15. The summed E-state index contributed by atoms with van der Waals surface area (Å²) in [6, 6.07) is 0. The van der Waals surface area contributed by atoms with Gasteiger partial charge in [0.05, 0.1) is 6.54 Å². The Kier molecular flexibility index (Phi) is 2.81. The Balaban J connectivity index is 1.93. The van der Waals surface area contributed by atoms with E-state index in [2.05, 4.69) is 15.1 Å². The molecule has 5 nitrogen and oxygen atoms in total. The molecule has 1 unspecified atom stereocenters. The zero-order valence-corrected chi connectivity index (χ0v) is 9.06. The number of hydrogen-bond acceptors (Lipinski definition) is 5. The second-order valence-electron chi connectivity index (χ2n) is 4.07. The lowest BCUT2D eigenvalue weighted by Gasteiger charge is -2.28. The molecule has 1 saturated heterocycles. The average molecular weight is 209 g/mol. The summed E-state index contributed by atoms with van der Waals surface area (Å²) >= 11 is 0. The summed E-state index contributed by atoms with van der Waals surface area (Å²) < 4.78 is 5.30. The van der Waals surface area contributed by atoms with Gasteiger partial charge in [0.25, 0.3) is 0 Å². The number of Topliss-reactive ketones (excluding diaryl/α,β-unsaturated/α-hetero) is 1. The van der Waals surface area contributed by atoms with Crippen molar-refractivity contribution in [2.24, 2.45) is 5.92 Å². The minimum absolute atomic E-state index is 0.128. The number of carbonyl (C=O) groups excluding carboxylic acids is 1. The number of ketones is 1. The molecule has 15 heavy (non-hydrogen) atoms. The number of nitrogens with zero attached hydrogens (tertiary/aromatic N) is 3. The first kappa shape index (κ1) is 10.3. The highest BCUT2D eigenvalue weighted by Crippen LogP contribution is 2.14. The van der Waals surface area contributed by atoms with Crippen LogP contribution in [0.5, 0.6) is 0 Å². The minimum Gasteiger partial charge on any atom is -0.424 e. The summed E-state index contributed by atoms with van der Waals surface area (Å²) in [6.45, 7) is 5.98. The van der Waals surface area contributed by atoms with Gasteiger partial charge in [0, 0.05) is 32.4 Å². The van der Waals surface area contributed by atoms with E-state index in [1.807, 2.05) is 6.92 Å². The van der Waals surface area contributed by atoms with Crippen LogP contribution in [-0.2, 0) is 11.3 Å². The third-order valence-electron chi connectivity index (χ3n) is 2.68. The molecule has 1 atom stereocenters.